The minimum Gasteiger partial charge on any atom is -0.756 e. The van der Waals surface area contributed by atoms with Crippen LogP contribution in [-0.2, 0) is 32.7 Å². The van der Waals surface area contributed by atoms with Gasteiger partial charge in [-0.1, -0.05) is 315 Å². The van der Waals surface area contributed by atoms with Gasteiger partial charge in [0.15, 0.2) is 6.10 Å². The second-order valence-corrected chi connectivity index (χ2v) is 26.0. The predicted molar refractivity (Wildman–Crippen MR) is 328 cm³/mol. The van der Waals surface area contributed by atoms with E-state index in [1.54, 1.807) is 0 Å². The van der Waals surface area contributed by atoms with E-state index in [9.17, 15) is 19.0 Å². The van der Waals surface area contributed by atoms with Gasteiger partial charge in [-0.25, -0.2) is 0 Å². The van der Waals surface area contributed by atoms with E-state index in [2.05, 4.69) is 26.0 Å². The molecule has 0 rings (SSSR count). The average Bonchev–Trinajstić information content (AvgIpc) is 3.39. The van der Waals surface area contributed by atoms with Gasteiger partial charge in [0.05, 0.1) is 27.7 Å². The van der Waals surface area contributed by atoms with Crippen molar-refractivity contribution in [3.05, 3.63) is 12.2 Å². The van der Waals surface area contributed by atoms with Crippen LogP contribution < -0.4 is 4.89 Å². The highest BCUT2D eigenvalue weighted by molar-refractivity contribution is 7.45. The highest BCUT2D eigenvalue weighted by Gasteiger charge is 2.22. The number of unbranched alkanes of at least 4 members (excludes halogenated alkanes) is 48. The third-order valence-corrected chi connectivity index (χ3v) is 16.5. The van der Waals surface area contributed by atoms with E-state index in [4.69, 9.17) is 18.5 Å². The Morgan fingerprint density at radius 1 is 0.390 bits per heavy atom. The number of likely N-dealkylation sites (N-methyl/N-ethyl adjacent to an activating group) is 1. The fourth-order valence-electron chi connectivity index (χ4n) is 10.3. The van der Waals surface area contributed by atoms with Crippen LogP contribution in [0.25, 0.3) is 0 Å². The third kappa shape index (κ3) is 63.8. The molecule has 0 heterocycles. The fraction of sp³-hybridized carbons (Fsp3) is 0.940. The summed E-state index contributed by atoms with van der Waals surface area (Å²) >= 11 is 0. The number of phosphoric acid groups is 1. The van der Waals surface area contributed by atoms with Crippen molar-refractivity contribution in [1.82, 2.24) is 0 Å². The molecule has 458 valence electrons. The van der Waals surface area contributed by atoms with Crippen molar-refractivity contribution >= 4 is 19.8 Å². The summed E-state index contributed by atoms with van der Waals surface area (Å²) in [6.07, 6.45) is 71.7. The number of hydrogen-bond acceptors (Lipinski definition) is 8. The summed E-state index contributed by atoms with van der Waals surface area (Å²) in [7, 11) is 1.18. The number of carbonyl (C=O) groups is 2. The molecule has 0 saturated carbocycles. The van der Waals surface area contributed by atoms with Gasteiger partial charge in [-0.05, 0) is 38.5 Å². The van der Waals surface area contributed by atoms with Gasteiger partial charge in [-0.2, -0.15) is 0 Å². The van der Waals surface area contributed by atoms with Gasteiger partial charge in [0, 0.05) is 12.8 Å². The molecule has 0 saturated heterocycles. The maximum Gasteiger partial charge on any atom is 0.306 e. The molecule has 0 radical (unpaired) electrons. The molecule has 10 heteroatoms. The SMILES string of the molecule is CCCCCCCC/C=C\CCCCCCCCCC(=O)OC(COC(=O)CCCCCCCCCCCCCCCCCCCCCCCCCCCCCCCCCCCCCC)COP(=O)([O-])OCC[N+](C)(C)C. The quantitative estimate of drug-likeness (QED) is 0.0195. The van der Waals surface area contributed by atoms with Gasteiger partial charge in [-0.3, -0.25) is 14.2 Å². The van der Waals surface area contributed by atoms with Crippen LogP contribution in [0.2, 0.25) is 0 Å². The van der Waals surface area contributed by atoms with E-state index in [1.165, 1.54) is 276 Å². The Morgan fingerprint density at radius 2 is 0.662 bits per heavy atom. The maximum atomic E-state index is 12.8. The number of carbonyl (C=O) groups excluding carboxylic acids is 2. The van der Waals surface area contributed by atoms with E-state index in [0.717, 1.165) is 44.9 Å². The van der Waals surface area contributed by atoms with Gasteiger partial charge in [-0.15, -0.1) is 0 Å². The Balaban J connectivity index is 3.89. The topological polar surface area (TPSA) is 111 Å². The van der Waals surface area contributed by atoms with Crippen molar-refractivity contribution in [2.45, 2.75) is 360 Å². The summed E-state index contributed by atoms with van der Waals surface area (Å²) in [5, 5.41) is 0. The van der Waals surface area contributed by atoms with E-state index >= 15 is 0 Å². The van der Waals surface area contributed by atoms with Crippen LogP contribution in [0.1, 0.15) is 354 Å². The molecule has 0 aliphatic heterocycles. The summed E-state index contributed by atoms with van der Waals surface area (Å²) in [4.78, 5) is 37.9. The van der Waals surface area contributed by atoms with E-state index in [-0.39, 0.29) is 32.0 Å². The highest BCUT2D eigenvalue weighted by Crippen LogP contribution is 2.38. The van der Waals surface area contributed by atoms with Crippen LogP contribution in [0.3, 0.4) is 0 Å². The number of ether oxygens (including phenoxy) is 2. The molecule has 0 spiro atoms. The molecule has 0 aromatic heterocycles. The second kappa shape index (κ2) is 59.4. The molecule has 2 unspecified atom stereocenters. The Morgan fingerprint density at radius 3 is 0.961 bits per heavy atom. The Bertz CT molecular complexity index is 1300. The molecule has 77 heavy (non-hydrogen) atoms. The molecule has 0 aliphatic rings. The van der Waals surface area contributed by atoms with E-state index in [0.29, 0.717) is 17.4 Å². The number of quaternary nitrogens is 1. The number of nitrogens with zero attached hydrogens (tertiary/aromatic N) is 1. The number of phosphoric ester groups is 1. The Labute approximate surface area is 479 Å². The molecular weight excluding hydrogens is 978 g/mol. The largest absolute Gasteiger partial charge is 0.756 e. The van der Waals surface area contributed by atoms with Crippen molar-refractivity contribution < 1.29 is 42.1 Å². The monoisotopic (exact) mass is 1110 g/mol. The first-order valence-corrected chi connectivity index (χ1v) is 35.4. The molecule has 0 amide bonds. The molecule has 0 aromatic rings. The smallest absolute Gasteiger partial charge is 0.306 e. The molecule has 0 N–H and O–H groups in total. The molecule has 0 aliphatic carbocycles. The van der Waals surface area contributed by atoms with Crippen LogP contribution in [0.5, 0.6) is 0 Å². The summed E-state index contributed by atoms with van der Waals surface area (Å²) in [6, 6.07) is 0. The lowest BCUT2D eigenvalue weighted by Gasteiger charge is -2.28. The first kappa shape index (κ1) is 75.8. The first-order chi connectivity index (χ1) is 37.5. The minimum absolute atomic E-state index is 0.0279. The second-order valence-electron chi connectivity index (χ2n) is 24.6. The zero-order valence-corrected chi connectivity index (χ0v) is 53.1. The third-order valence-electron chi connectivity index (χ3n) is 15.5. The van der Waals surface area contributed by atoms with Crippen LogP contribution in [0.15, 0.2) is 12.2 Å². The van der Waals surface area contributed by atoms with Crippen molar-refractivity contribution in [3.63, 3.8) is 0 Å². The molecular formula is C67H132NO8P. The average molecular weight is 1110 g/mol. The normalized spacial score (nSPS) is 13.2. The zero-order chi connectivity index (χ0) is 56.3. The van der Waals surface area contributed by atoms with Gasteiger partial charge in [0.25, 0.3) is 7.82 Å². The molecule has 0 fully saturated rings. The van der Waals surface area contributed by atoms with Crippen LogP contribution in [0, 0.1) is 0 Å². The maximum absolute atomic E-state index is 12.8. The molecule has 0 aromatic carbocycles. The van der Waals surface area contributed by atoms with Crippen molar-refractivity contribution in [2.75, 3.05) is 47.5 Å². The van der Waals surface area contributed by atoms with Gasteiger partial charge < -0.3 is 27.9 Å². The number of hydrogen-bond donors (Lipinski definition) is 0. The summed E-state index contributed by atoms with van der Waals surface area (Å²) in [6.45, 7) is 4.30. The van der Waals surface area contributed by atoms with E-state index in [1.807, 2.05) is 21.1 Å². The van der Waals surface area contributed by atoms with Crippen molar-refractivity contribution in [3.8, 4) is 0 Å². The van der Waals surface area contributed by atoms with Crippen LogP contribution >= 0.6 is 7.82 Å². The van der Waals surface area contributed by atoms with Crippen LogP contribution in [-0.4, -0.2) is 70.0 Å². The van der Waals surface area contributed by atoms with Gasteiger partial charge >= 0.3 is 11.9 Å². The minimum atomic E-state index is -4.63. The fourth-order valence-corrected chi connectivity index (χ4v) is 11.0. The lowest BCUT2D eigenvalue weighted by molar-refractivity contribution is -0.870. The molecule has 2 atom stereocenters. The predicted octanol–water partition coefficient (Wildman–Crippen LogP) is 20.9. The summed E-state index contributed by atoms with van der Waals surface area (Å²) in [5.74, 6) is -0.818. The zero-order valence-electron chi connectivity index (χ0n) is 52.2. The number of allylic oxidation sites excluding steroid dienone is 2. The Hall–Kier alpha value is -1.25. The molecule has 9 nitrogen and oxygen atoms in total. The summed E-state index contributed by atoms with van der Waals surface area (Å²) < 4.78 is 34.2. The number of rotatable bonds is 64. The lowest BCUT2D eigenvalue weighted by Crippen LogP contribution is -2.37. The highest BCUT2D eigenvalue weighted by atomic mass is 31.2. The molecule has 0 bridgehead atoms. The summed E-state index contributed by atoms with van der Waals surface area (Å²) in [5.41, 5.74) is 0. The lowest BCUT2D eigenvalue weighted by atomic mass is 10.0. The Kier molecular flexibility index (Phi) is 58.4. The van der Waals surface area contributed by atoms with E-state index < -0.39 is 26.5 Å². The van der Waals surface area contributed by atoms with Crippen molar-refractivity contribution in [2.24, 2.45) is 0 Å². The number of esters is 2. The first-order valence-electron chi connectivity index (χ1n) is 33.9. The standard InChI is InChI=1S/C67H132NO8P/c1-6-8-10-12-14-16-18-20-22-24-25-26-27-28-29-30-31-32-33-34-35-36-37-38-39-40-41-42-44-45-47-49-51-53-55-57-59-66(69)73-63-65(64-75-77(71,72)74-62-61-68(3,4)5)76-67(70)60-58-56-54-52-50-48-46-43-23-21-19-17-15-13-11-9-7-2/h21,23,65H,6-20,22,24-64H2,1-5H3/b23-21-. The van der Waals surface area contributed by atoms with Gasteiger partial charge in [0.1, 0.15) is 19.8 Å². The van der Waals surface area contributed by atoms with Gasteiger partial charge in [0.2, 0.25) is 0 Å². The van der Waals surface area contributed by atoms with Crippen molar-refractivity contribution in [1.29, 1.82) is 0 Å². The van der Waals surface area contributed by atoms with Crippen LogP contribution in [0.4, 0.5) is 0 Å².